The summed E-state index contributed by atoms with van der Waals surface area (Å²) >= 11 is 1.48. The number of para-hydroxylation sites is 1. The number of nitrogens with one attached hydrogen (secondary N) is 1. The van der Waals surface area contributed by atoms with Gasteiger partial charge < -0.3 is 14.6 Å². The van der Waals surface area contributed by atoms with E-state index < -0.39 is 22.4 Å². The van der Waals surface area contributed by atoms with Crippen molar-refractivity contribution in [3.63, 3.8) is 0 Å². The molecule has 0 radical (unpaired) electrons. The zero-order valence-electron chi connectivity index (χ0n) is 25.8. The van der Waals surface area contributed by atoms with Crippen LogP contribution in [-0.4, -0.2) is 50.6 Å². The minimum absolute atomic E-state index is 0.0673. The largest absolute Gasteiger partial charge is 0.392 e. The van der Waals surface area contributed by atoms with Gasteiger partial charge in [-0.3, -0.25) is 9.71 Å². The van der Waals surface area contributed by atoms with Crippen molar-refractivity contribution < 1.29 is 23.0 Å². The Bertz CT molecular complexity index is 2120. The number of aliphatic hydroxyl groups excluding tert-OH is 1. The predicted octanol–water partition coefficient (Wildman–Crippen LogP) is 5.78. The quantitative estimate of drug-likeness (QED) is 0.171. The lowest BCUT2D eigenvalue weighted by Crippen LogP contribution is -2.38. The van der Waals surface area contributed by atoms with Gasteiger partial charge in [-0.2, -0.15) is 0 Å². The van der Waals surface area contributed by atoms with E-state index in [1.165, 1.54) is 11.8 Å². The molecule has 1 fully saturated rings. The Morgan fingerprint density at radius 3 is 2.42 bits per heavy atom. The number of aliphatic hydroxyl groups is 1. The van der Waals surface area contributed by atoms with Crippen LogP contribution in [0.1, 0.15) is 40.6 Å². The summed E-state index contributed by atoms with van der Waals surface area (Å²) in [7, 11) is -2.19. The molecule has 4 unspecified atom stereocenters. The number of pyridine rings is 1. The summed E-state index contributed by atoms with van der Waals surface area (Å²) in [6, 6.07) is 33.5. The molecule has 2 aromatic heterocycles. The number of tetrazole rings is 1. The van der Waals surface area contributed by atoms with Crippen molar-refractivity contribution >= 4 is 38.4 Å². The van der Waals surface area contributed by atoms with Gasteiger partial charge in [0.2, 0.25) is 5.16 Å². The highest BCUT2D eigenvalue weighted by molar-refractivity contribution is 7.99. The van der Waals surface area contributed by atoms with E-state index in [-0.39, 0.29) is 23.5 Å². The number of ether oxygens (including phenoxy) is 2. The molecule has 4 aromatic carbocycles. The summed E-state index contributed by atoms with van der Waals surface area (Å²) < 4.78 is 45.1. The molecule has 13 heteroatoms. The van der Waals surface area contributed by atoms with Crippen LogP contribution in [0.3, 0.4) is 0 Å². The lowest BCUT2D eigenvalue weighted by molar-refractivity contribution is -0.255. The number of hydrogen-bond acceptors (Lipinski definition) is 10. The minimum atomic E-state index is -3.98. The second-order valence-corrected chi connectivity index (χ2v) is 14.0. The van der Waals surface area contributed by atoms with E-state index in [2.05, 4.69) is 37.4 Å². The SMILES string of the molecule is Cn1nnnc1SCC1OC(c2cccc(NS(=O)(=O)c3cccc4cccnc34)c2)OC(c2ccc(CO)cc2)C1c1ccccc1. The Balaban J connectivity index is 1.24. The van der Waals surface area contributed by atoms with Crippen LogP contribution in [0.5, 0.6) is 0 Å². The first-order valence-corrected chi connectivity index (χ1v) is 17.7. The third-order valence-corrected chi connectivity index (χ3v) is 10.7. The smallest absolute Gasteiger partial charge is 0.264 e. The maximum absolute atomic E-state index is 13.6. The highest BCUT2D eigenvalue weighted by atomic mass is 32.2. The fourth-order valence-electron chi connectivity index (χ4n) is 5.90. The van der Waals surface area contributed by atoms with Gasteiger partial charge in [0.15, 0.2) is 6.29 Å². The lowest BCUT2D eigenvalue weighted by Gasteiger charge is -2.43. The third-order valence-electron chi connectivity index (χ3n) is 8.22. The second kappa shape index (κ2) is 13.8. The second-order valence-electron chi connectivity index (χ2n) is 11.4. The summed E-state index contributed by atoms with van der Waals surface area (Å²) in [6.45, 7) is -0.0673. The molecule has 6 aromatic rings. The monoisotopic (exact) mass is 680 g/mol. The van der Waals surface area contributed by atoms with Gasteiger partial charge in [-0.05, 0) is 51.4 Å². The van der Waals surface area contributed by atoms with Crippen LogP contribution in [0.4, 0.5) is 5.69 Å². The van der Waals surface area contributed by atoms with Crippen LogP contribution >= 0.6 is 11.8 Å². The normalized spacial score (nSPS) is 19.7. The topological polar surface area (TPSA) is 141 Å². The predicted molar refractivity (Wildman–Crippen MR) is 182 cm³/mol. The molecule has 1 aliphatic heterocycles. The highest BCUT2D eigenvalue weighted by Crippen LogP contribution is 2.48. The van der Waals surface area contributed by atoms with Gasteiger partial charge in [-0.25, -0.2) is 13.1 Å². The number of rotatable bonds is 10. The molecule has 0 bridgehead atoms. The Morgan fingerprint density at radius 2 is 1.65 bits per heavy atom. The number of nitrogens with zero attached hydrogens (tertiary/aromatic N) is 5. The van der Waals surface area contributed by atoms with Crippen molar-refractivity contribution in [2.45, 2.75) is 41.1 Å². The standard InChI is InChI=1S/C35H32N6O5S2/c1-41-35(37-39-40-41)47-22-29-31(24-8-3-2-4-9-24)33(26-17-15-23(21-42)16-18-26)46-34(45-29)27-11-5-13-28(20-27)38-48(43,44)30-14-6-10-25-12-7-19-36-32(25)30/h2-20,29,31,33-34,38,42H,21-22H2,1H3. The number of benzene rings is 4. The molecule has 4 atom stereocenters. The number of aromatic nitrogens is 5. The van der Waals surface area contributed by atoms with Gasteiger partial charge in [0.05, 0.1) is 24.3 Å². The van der Waals surface area contributed by atoms with Crippen molar-refractivity contribution in [1.82, 2.24) is 25.2 Å². The summed E-state index contributed by atoms with van der Waals surface area (Å²) in [5.41, 5.74) is 4.15. The van der Waals surface area contributed by atoms with Crippen LogP contribution in [0.2, 0.25) is 0 Å². The van der Waals surface area contributed by atoms with E-state index in [9.17, 15) is 13.5 Å². The molecule has 1 aliphatic rings. The number of aryl methyl sites for hydroxylation is 1. The number of hydrogen-bond donors (Lipinski definition) is 2. The third kappa shape index (κ3) is 6.68. The molecule has 11 nitrogen and oxygen atoms in total. The molecule has 3 heterocycles. The Labute approximate surface area is 282 Å². The van der Waals surface area contributed by atoms with E-state index in [0.717, 1.165) is 22.1 Å². The molecule has 244 valence electrons. The molecule has 48 heavy (non-hydrogen) atoms. The molecular weight excluding hydrogens is 649 g/mol. The van der Waals surface area contributed by atoms with Crippen molar-refractivity contribution in [3.05, 3.63) is 138 Å². The molecule has 0 spiro atoms. The number of sulfonamides is 1. The zero-order valence-corrected chi connectivity index (χ0v) is 27.5. The van der Waals surface area contributed by atoms with Crippen molar-refractivity contribution in [1.29, 1.82) is 0 Å². The van der Waals surface area contributed by atoms with Crippen molar-refractivity contribution in [2.24, 2.45) is 7.05 Å². The zero-order chi connectivity index (χ0) is 33.1. The molecule has 0 aliphatic carbocycles. The fraction of sp³-hybridized carbons (Fsp3) is 0.200. The maximum atomic E-state index is 13.6. The molecular formula is C35H32N6O5S2. The van der Waals surface area contributed by atoms with Gasteiger partial charge in [0.1, 0.15) is 4.90 Å². The fourth-order valence-corrected chi connectivity index (χ4v) is 8.05. The first-order chi connectivity index (χ1) is 23.4. The first-order valence-electron chi connectivity index (χ1n) is 15.3. The van der Waals surface area contributed by atoms with E-state index >= 15 is 0 Å². The molecule has 1 saturated heterocycles. The van der Waals surface area contributed by atoms with Gasteiger partial charge in [0.25, 0.3) is 10.0 Å². The van der Waals surface area contributed by atoms with Gasteiger partial charge in [-0.15, -0.1) is 5.10 Å². The highest BCUT2D eigenvalue weighted by Gasteiger charge is 2.42. The average Bonchev–Trinajstić information content (AvgIpc) is 3.54. The minimum Gasteiger partial charge on any atom is -0.392 e. The summed E-state index contributed by atoms with van der Waals surface area (Å²) in [4.78, 5) is 4.41. The molecule has 0 saturated carbocycles. The number of anilines is 1. The average molecular weight is 681 g/mol. The van der Waals surface area contributed by atoms with Crippen LogP contribution in [0.25, 0.3) is 10.9 Å². The van der Waals surface area contributed by atoms with E-state index in [4.69, 9.17) is 9.47 Å². The molecule has 7 rings (SSSR count). The van der Waals surface area contributed by atoms with E-state index in [0.29, 0.717) is 27.7 Å². The van der Waals surface area contributed by atoms with Crippen LogP contribution in [0.15, 0.2) is 125 Å². The van der Waals surface area contributed by atoms with E-state index in [1.807, 2.05) is 60.7 Å². The van der Waals surface area contributed by atoms with Crippen LogP contribution in [-0.2, 0) is 33.2 Å². The van der Waals surface area contributed by atoms with Crippen LogP contribution in [0, 0.1) is 0 Å². The Morgan fingerprint density at radius 1 is 0.875 bits per heavy atom. The Kier molecular flexibility index (Phi) is 9.19. The number of thioether (sulfide) groups is 1. The van der Waals surface area contributed by atoms with Crippen LogP contribution < -0.4 is 4.72 Å². The van der Waals surface area contributed by atoms with Gasteiger partial charge >= 0.3 is 0 Å². The lowest BCUT2D eigenvalue weighted by atomic mass is 9.84. The summed E-state index contributed by atoms with van der Waals surface area (Å²) in [5.74, 6) is 0.302. The summed E-state index contributed by atoms with van der Waals surface area (Å²) in [5, 5.41) is 23.0. The Hall–Kier alpha value is -4.66. The molecule has 0 amide bonds. The first kappa shape index (κ1) is 31.9. The summed E-state index contributed by atoms with van der Waals surface area (Å²) in [6.07, 6.45) is -0.0627. The van der Waals surface area contributed by atoms with Gasteiger partial charge in [-0.1, -0.05) is 96.7 Å². The maximum Gasteiger partial charge on any atom is 0.264 e. The van der Waals surface area contributed by atoms with Crippen molar-refractivity contribution in [3.8, 4) is 0 Å². The number of fused-ring (bicyclic) bond motifs is 1. The molecule has 2 N–H and O–H groups in total. The van der Waals surface area contributed by atoms with E-state index in [1.54, 1.807) is 54.3 Å². The van der Waals surface area contributed by atoms with Gasteiger partial charge in [0, 0.05) is 41.6 Å². The van der Waals surface area contributed by atoms with Crippen molar-refractivity contribution in [2.75, 3.05) is 10.5 Å².